The second kappa shape index (κ2) is 6.75. The van der Waals surface area contributed by atoms with Gasteiger partial charge in [-0.1, -0.05) is 60.7 Å². The molecule has 1 saturated heterocycles. The van der Waals surface area contributed by atoms with Crippen LogP contribution in [0.1, 0.15) is 29.9 Å². The van der Waals surface area contributed by atoms with Crippen LogP contribution in [0.15, 0.2) is 60.7 Å². The molecule has 1 aliphatic heterocycles. The average Bonchev–Trinajstić information content (AvgIpc) is 2.85. The maximum atomic E-state index is 12.2. The van der Waals surface area contributed by atoms with Gasteiger partial charge in [0.05, 0.1) is 6.54 Å². The van der Waals surface area contributed by atoms with Gasteiger partial charge in [-0.15, -0.1) is 0 Å². The molecule has 0 aliphatic carbocycles. The highest BCUT2D eigenvalue weighted by Crippen LogP contribution is 2.35. The maximum absolute atomic E-state index is 12.2. The fourth-order valence-corrected chi connectivity index (χ4v) is 3.30. The highest BCUT2D eigenvalue weighted by atomic mass is 16.5. The summed E-state index contributed by atoms with van der Waals surface area (Å²) in [7, 11) is 0. The standard InChI is InChI=1S/C19H21NO2/c21-19-17(13-7-10-15-8-3-1-4-9-15)18(14-20(19)22)16-11-5-2-6-12-16/h1-6,8-9,11-12,17-18,22H,7,10,13-14H2/t17-,18-/m1/s1. The molecule has 3 rings (SSSR count). The molecular formula is C19H21NO2. The Balaban J connectivity index is 1.66. The monoisotopic (exact) mass is 295 g/mol. The van der Waals surface area contributed by atoms with Crippen molar-refractivity contribution in [1.29, 1.82) is 0 Å². The number of nitrogens with zero attached hydrogens (tertiary/aromatic N) is 1. The lowest BCUT2D eigenvalue weighted by Gasteiger charge is -2.16. The molecule has 0 radical (unpaired) electrons. The van der Waals surface area contributed by atoms with E-state index in [1.807, 2.05) is 48.5 Å². The van der Waals surface area contributed by atoms with Crippen molar-refractivity contribution in [1.82, 2.24) is 5.06 Å². The zero-order chi connectivity index (χ0) is 15.4. The third-order valence-corrected chi connectivity index (χ3v) is 4.48. The summed E-state index contributed by atoms with van der Waals surface area (Å²) in [5.74, 6) is -0.160. The summed E-state index contributed by atoms with van der Waals surface area (Å²) in [4.78, 5) is 12.2. The van der Waals surface area contributed by atoms with E-state index in [0.29, 0.717) is 6.54 Å². The lowest BCUT2D eigenvalue weighted by molar-refractivity contribution is -0.160. The van der Waals surface area contributed by atoms with Crippen molar-refractivity contribution in [2.75, 3.05) is 6.54 Å². The van der Waals surface area contributed by atoms with Crippen molar-refractivity contribution < 1.29 is 10.0 Å². The number of rotatable bonds is 5. The molecule has 1 amide bonds. The predicted molar refractivity (Wildman–Crippen MR) is 85.6 cm³/mol. The van der Waals surface area contributed by atoms with Crippen molar-refractivity contribution in [3.63, 3.8) is 0 Å². The Bertz CT molecular complexity index is 612. The van der Waals surface area contributed by atoms with Gasteiger partial charge in [-0.3, -0.25) is 10.0 Å². The van der Waals surface area contributed by atoms with Gasteiger partial charge in [-0.05, 0) is 30.4 Å². The summed E-state index contributed by atoms with van der Waals surface area (Å²) >= 11 is 0. The topological polar surface area (TPSA) is 40.5 Å². The van der Waals surface area contributed by atoms with Gasteiger partial charge in [0, 0.05) is 11.8 Å². The molecule has 2 aromatic rings. The zero-order valence-corrected chi connectivity index (χ0v) is 12.6. The molecule has 3 heteroatoms. The first-order chi connectivity index (χ1) is 10.8. The van der Waals surface area contributed by atoms with Crippen LogP contribution in [-0.2, 0) is 11.2 Å². The van der Waals surface area contributed by atoms with E-state index < -0.39 is 0 Å². The van der Waals surface area contributed by atoms with Crippen LogP contribution in [0.5, 0.6) is 0 Å². The molecule has 0 bridgehead atoms. The van der Waals surface area contributed by atoms with Gasteiger partial charge in [-0.2, -0.15) is 0 Å². The molecule has 0 saturated carbocycles. The van der Waals surface area contributed by atoms with Crippen LogP contribution in [0.4, 0.5) is 0 Å². The summed E-state index contributed by atoms with van der Waals surface area (Å²) in [5, 5.41) is 10.7. The van der Waals surface area contributed by atoms with Gasteiger partial charge < -0.3 is 0 Å². The Labute approximate surface area is 131 Å². The average molecular weight is 295 g/mol. The van der Waals surface area contributed by atoms with Gasteiger partial charge >= 0.3 is 0 Å². The van der Waals surface area contributed by atoms with E-state index >= 15 is 0 Å². The first-order valence-electron chi connectivity index (χ1n) is 7.85. The van der Waals surface area contributed by atoms with Crippen molar-refractivity contribution in [3.8, 4) is 0 Å². The molecule has 0 spiro atoms. The van der Waals surface area contributed by atoms with E-state index in [0.717, 1.165) is 29.9 Å². The van der Waals surface area contributed by atoms with Crippen molar-refractivity contribution in [2.24, 2.45) is 5.92 Å². The molecule has 2 atom stereocenters. The molecule has 0 aromatic heterocycles. The number of aryl methyl sites for hydroxylation is 1. The lowest BCUT2D eigenvalue weighted by atomic mass is 9.85. The molecule has 1 heterocycles. The largest absolute Gasteiger partial charge is 0.286 e. The molecule has 1 aliphatic rings. The number of hydroxylamine groups is 2. The number of benzene rings is 2. The maximum Gasteiger partial charge on any atom is 0.249 e. The van der Waals surface area contributed by atoms with E-state index in [2.05, 4.69) is 12.1 Å². The molecule has 3 nitrogen and oxygen atoms in total. The van der Waals surface area contributed by atoms with Gasteiger partial charge in [0.1, 0.15) is 0 Å². The fraction of sp³-hybridized carbons (Fsp3) is 0.316. The van der Waals surface area contributed by atoms with E-state index in [9.17, 15) is 10.0 Å². The molecule has 114 valence electrons. The first kappa shape index (κ1) is 14.8. The predicted octanol–water partition coefficient (Wildman–Crippen LogP) is 3.64. The van der Waals surface area contributed by atoms with E-state index in [-0.39, 0.29) is 17.7 Å². The van der Waals surface area contributed by atoms with E-state index in [4.69, 9.17) is 0 Å². The van der Waals surface area contributed by atoms with Crippen LogP contribution >= 0.6 is 0 Å². The Morgan fingerprint density at radius 3 is 2.32 bits per heavy atom. The van der Waals surface area contributed by atoms with Crippen molar-refractivity contribution >= 4 is 5.91 Å². The molecule has 2 aromatic carbocycles. The Morgan fingerprint density at radius 1 is 1.00 bits per heavy atom. The van der Waals surface area contributed by atoms with Crippen molar-refractivity contribution in [3.05, 3.63) is 71.8 Å². The van der Waals surface area contributed by atoms with Crippen molar-refractivity contribution in [2.45, 2.75) is 25.2 Å². The number of hydrogen-bond acceptors (Lipinski definition) is 2. The summed E-state index contributed by atoms with van der Waals surface area (Å²) in [6.07, 6.45) is 2.74. The van der Waals surface area contributed by atoms with Crippen LogP contribution in [0, 0.1) is 5.92 Å². The number of carbonyl (C=O) groups is 1. The minimum Gasteiger partial charge on any atom is -0.286 e. The SMILES string of the molecule is O=C1[C@H](CCCc2ccccc2)[C@@H](c2ccccc2)CN1O. The van der Waals surface area contributed by atoms with Crippen LogP contribution < -0.4 is 0 Å². The second-order valence-corrected chi connectivity index (χ2v) is 5.92. The highest BCUT2D eigenvalue weighted by Gasteiger charge is 2.40. The molecule has 0 unspecified atom stereocenters. The Morgan fingerprint density at radius 2 is 1.64 bits per heavy atom. The van der Waals surface area contributed by atoms with Crippen LogP contribution in [0.3, 0.4) is 0 Å². The Kier molecular flexibility index (Phi) is 4.54. The smallest absolute Gasteiger partial charge is 0.249 e. The third kappa shape index (κ3) is 3.20. The number of amides is 1. The van der Waals surface area contributed by atoms with Gasteiger partial charge in [0.2, 0.25) is 5.91 Å². The first-order valence-corrected chi connectivity index (χ1v) is 7.85. The minimum atomic E-state index is -0.137. The molecule has 1 fully saturated rings. The zero-order valence-electron chi connectivity index (χ0n) is 12.6. The Hall–Kier alpha value is -2.13. The summed E-state index contributed by atoms with van der Waals surface area (Å²) in [6, 6.07) is 20.4. The summed E-state index contributed by atoms with van der Waals surface area (Å²) in [5.41, 5.74) is 2.43. The van der Waals surface area contributed by atoms with Crippen LogP contribution in [-0.4, -0.2) is 22.7 Å². The van der Waals surface area contributed by atoms with Gasteiger partial charge in [0.25, 0.3) is 0 Å². The minimum absolute atomic E-state index is 0.0921. The number of carbonyl (C=O) groups excluding carboxylic acids is 1. The van der Waals surface area contributed by atoms with Crippen LogP contribution in [0.25, 0.3) is 0 Å². The quantitative estimate of drug-likeness (QED) is 0.856. The summed E-state index contributed by atoms with van der Waals surface area (Å²) < 4.78 is 0. The van der Waals surface area contributed by atoms with Gasteiger partial charge in [0.15, 0.2) is 0 Å². The molecule has 1 N–H and O–H groups in total. The van der Waals surface area contributed by atoms with E-state index in [1.54, 1.807) is 0 Å². The summed E-state index contributed by atoms with van der Waals surface area (Å²) in [6.45, 7) is 0.402. The van der Waals surface area contributed by atoms with Crippen LogP contribution in [0.2, 0.25) is 0 Å². The van der Waals surface area contributed by atoms with Gasteiger partial charge in [-0.25, -0.2) is 5.06 Å². The highest BCUT2D eigenvalue weighted by molar-refractivity contribution is 5.81. The normalized spacial score (nSPS) is 21.3. The number of hydrogen-bond donors (Lipinski definition) is 1. The molecular weight excluding hydrogens is 274 g/mol. The lowest BCUT2D eigenvalue weighted by Crippen LogP contribution is -2.23. The van der Waals surface area contributed by atoms with E-state index in [1.165, 1.54) is 5.56 Å². The third-order valence-electron chi connectivity index (χ3n) is 4.48. The second-order valence-electron chi connectivity index (χ2n) is 5.92. The molecule has 22 heavy (non-hydrogen) atoms. The fourth-order valence-electron chi connectivity index (χ4n) is 3.30.